The van der Waals surface area contributed by atoms with E-state index < -0.39 is 23.7 Å². The molecule has 1 aromatic heterocycles. The number of aryl methyl sites for hydroxylation is 1. The second kappa shape index (κ2) is 7.63. The molecule has 3 heterocycles. The lowest BCUT2D eigenvalue weighted by Gasteiger charge is -2.26. The first kappa shape index (κ1) is 20.5. The number of hydrogen-bond acceptors (Lipinski definition) is 5. The van der Waals surface area contributed by atoms with E-state index in [0.717, 1.165) is 34.1 Å². The number of hydrogen-bond donors (Lipinski definition) is 1. The van der Waals surface area contributed by atoms with Crippen molar-refractivity contribution in [2.75, 3.05) is 11.7 Å². The summed E-state index contributed by atoms with van der Waals surface area (Å²) in [6, 6.07) is 11.4. The molecule has 0 unspecified atom stereocenters. The molecule has 2 aromatic carbocycles. The van der Waals surface area contributed by atoms with Crippen LogP contribution in [-0.2, 0) is 9.59 Å². The van der Waals surface area contributed by atoms with Crippen molar-refractivity contribution in [1.29, 1.82) is 0 Å². The van der Waals surface area contributed by atoms with Gasteiger partial charge < -0.3 is 14.0 Å². The third-order valence-corrected chi connectivity index (χ3v) is 5.57. The number of amides is 4. The Morgan fingerprint density at radius 3 is 2.39 bits per heavy atom. The molecular weight excluding hydrogens is 429 g/mol. The number of carbonyl (C=O) groups is 3. The van der Waals surface area contributed by atoms with Crippen molar-refractivity contribution < 1.29 is 28.2 Å². The van der Waals surface area contributed by atoms with Crippen molar-refractivity contribution in [1.82, 2.24) is 9.88 Å². The predicted octanol–water partition coefficient (Wildman–Crippen LogP) is 3.63. The maximum atomic E-state index is 13.3. The molecule has 0 spiro atoms. The number of nitrogens with zero attached hydrogens (tertiary/aromatic N) is 2. The van der Waals surface area contributed by atoms with E-state index in [4.69, 9.17) is 9.47 Å². The van der Waals surface area contributed by atoms with Crippen LogP contribution in [0.5, 0.6) is 11.5 Å². The Kier molecular flexibility index (Phi) is 4.74. The van der Waals surface area contributed by atoms with Gasteiger partial charge in [-0.2, -0.15) is 0 Å². The van der Waals surface area contributed by atoms with E-state index in [-0.39, 0.29) is 18.1 Å². The molecule has 1 N–H and O–H groups in total. The number of anilines is 1. The number of benzene rings is 2. The number of barbiturate groups is 1. The van der Waals surface area contributed by atoms with Gasteiger partial charge in [0, 0.05) is 23.1 Å². The van der Waals surface area contributed by atoms with Gasteiger partial charge in [0.25, 0.3) is 11.8 Å². The second-order valence-corrected chi connectivity index (χ2v) is 7.63. The average Bonchev–Trinajstić information content (AvgIpc) is 3.35. The molecule has 2 aliphatic heterocycles. The van der Waals surface area contributed by atoms with Gasteiger partial charge in [-0.25, -0.2) is 14.1 Å². The summed E-state index contributed by atoms with van der Waals surface area (Å²) in [5, 5.41) is 2.17. The molecule has 166 valence electrons. The van der Waals surface area contributed by atoms with Gasteiger partial charge in [-0.1, -0.05) is 0 Å². The Labute approximate surface area is 187 Å². The first-order chi connectivity index (χ1) is 15.8. The Bertz CT molecular complexity index is 1360. The van der Waals surface area contributed by atoms with Crippen LogP contribution in [-0.4, -0.2) is 29.2 Å². The summed E-state index contributed by atoms with van der Waals surface area (Å²) in [6.45, 7) is 3.93. The minimum absolute atomic E-state index is 0.156. The topological polar surface area (TPSA) is 89.9 Å². The SMILES string of the molecule is Cc1cc(/C=C2\C(=O)NC(=O)N(c3ccc(F)cc3)C2=O)c(C)n1-c1ccc2c(c1)OCO2. The molecule has 1 saturated heterocycles. The molecule has 0 saturated carbocycles. The predicted molar refractivity (Wildman–Crippen MR) is 117 cm³/mol. The number of halogens is 1. The number of carbonyl (C=O) groups excluding carboxylic acids is 3. The molecule has 9 heteroatoms. The number of imide groups is 2. The highest BCUT2D eigenvalue weighted by Gasteiger charge is 2.37. The lowest BCUT2D eigenvalue weighted by molar-refractivity contribution is -0.122. The standard InChI is InChI=1S/C24H18FN3O5/c1-13-9-15(14(2)27(13)18-7-8-20-21(11-18)33-12-32-20)10-19-22(29)26-24(31)28(23(19)30)17-5-3-16(25)4-6-17/h3-11H,12H2,1-2H3,(H,26,29,31)/b19-10+. The highest BCUT2D eigenvalue weighted by Crippen LogP contribution is 2.35. The zero-order valence-electron chi connectivity index (χ0n) is 17.7. The first-order valence-electron chi connectivity index (χ1n) is 10.1. The van der Waals surface area contributed by atoms with Crippen LogP contribution in [0, 0.1) is 19.7 Å². The van der Waals surface area contributed by atoms with Crippen LogP contribution in [0.3, 0.4) is 0 Å². The van der Waals surface area contributed by atoms with Gasteiger partial charge in [-0.05, 0) is 68.0 Å². The van der Waals surface area contributed by atoms with Crippen molar-refractivity contribution >= 4 is 29.6 Å². The quantitative estimate of drug-likeness (QED) is 0.489. The third kappa shape index (κ3) is 3.43. The maximum absolute atomic E-state index is 13.3. The Hall–Kier alpha value is -4.40. The van der Waals surface area contributed by atoms with Gasteiger partial charge in [-0.15, -0.1) is 0 Å². The Balaban J connectivity index is 1.54. The van der Waals surface area contributed by atoms with E-state index in [1.165, 1.54) is 18.2 Å². The fraction of sp³-hybridized carbons (Fsp3) is 0.125. The van der Waals surface area contributed by atoms with Crippen LogP contribution < -0.4 is 19.7 Å². The van der Waals surface area contributed by atoms with Crippen LogP contribution >= 0.6 is 0 Å². The normalized spacial score (nSPS) is 16.5. The van der Waals surface area contributed by atoms with E-state index in [1.807, 2.05) is 42.7 Å². The molecular formula is C24H18FN3O5. The molecule has 4 amide bonds. The number of aromatic nitrogens is 1. The van der Waals surface area contributed by atoms with E-state index in [0.29, 0.717) is 17.1 Å². The molecule has 0 radical (unpaired) electrons. The van der Waals surface area contributed by atoms with E-state index in [9.17, 15) is 18.8 Å². The smallest absolute Gasteiger partial charge is 0.335 e. The largest absolute Gasteiger partial charge is 0.454 e. The number of nitrogens with one attached hydrogen (secondary N) is 1. The van der Waals surface area contributed by atoms with Crippen molar-refractivity contribution in [3.63, 3.8) is 0 Å². The molecule has 0 aliphatic carbocycles. The van der Waals surface area contributed by atoms with E-state index >= 15 is 0 Å². The van der Waals surface area contributed by atoms with Gasteiger partial charge in [0.1, 0.15) is 11.4 Å². The van der Waals surface area contributed by atoms with Crippen LogP contribution in [0.1, 0.15) is 17.0 Å². The zero-order chi connectivity index (χ0) is 23.3. The van der Waals surface area contributed by atoms with Crippen molar-refractivity contribution in [2.45, 2.75) is 13.8 Å². The van der Waals surface area contributed by atoms with Crippen LogP contribution in [0.4, 0.5) is 14.9 Å². The lowest BCUT2D eigenvalue weighted by Crippen LogP contribution is -2.54. The molecule has 1 fully saturated rings. The maximum Gasteiger partial charge on any atom is 0.335 e. The van der Waals surface area contributed by atoms with Crippen LogP contribution in [0.15, 0.2) is 54.1 Å². The van der Waals surface area contributed by atoms with Crippen molar-refractivity contribution in [3.8, 4) is 17.2 Å². The lowest BCUT2D eigenvalue weighted by atomic mass is 10.1. The fourth-order valence-electron chi connectivity index (χ4n) is 3.99. The molecule has 3 aromatic rings. The van der Waals surface area contributed by atoms with Gasteiger partial charge in [0.05, 0.1) is 5.69 Å². The highest BCUT2D eigenvalue weighted by molar-refractivity contribution is 6.39. The van der Waals surface area contributed by atoms with E-state index in [2.05, 4.69) is 5.32 Å². The highest BCUT2D eigenvalue weighted by atomic mass is 19.1. The van der Waals surface area contributed by atoms with Crippen molar-refractivity contribution in [3.05, 3.63) is 76.9 Å². The molecule has 2 aliphatic rings. The molecule has 0 bridgehead atoms. The minimum atomic E-state index is -0.889. The number of fused-ring (bicyclic) bond motifs is 1. The van der Waals surface area contributed by atoms with Crippen molar-refractivity contribution in [2.24, 2.45) is 0 Å². The minimum Gasteiger partial charge on any atom is -0.454 e. The number of urea groups is 1. The monoisotopic (exact) mass is 447 g/mol. The zero-order valence-corrected chi connectivity index (χ0v) is 17.7. The Morgan fingerprint density at radius 2 is 1.64 bits per heavy atom. The first-order valence-corrected chi connectivity index (χ1v) is 10.1. The summed E-state index contributed by atoms with van der Waals surface area (Å²) < 4.78 is 26.1. The summed E-state index contributed by atoms with van der Waals surface area (Å²) >= 11 is 0. The fourth-order valence-corrected chi connectivity index (χ4v) is 3.99. The van der Waals surface area contributed by atoms with Gasteiger partial charge >= 0.3 is 6.03 Å². The second-order valence-electron chi connectivity index (χ2n) is 7.63. The molecule has 5 rings (SSSR count). The van der Waals surface area contributed by atoms with Gasteiger partial charge in [-0.3, -0.25) is 14.9 Å². The Morgan fingerprint density at radius 1 is 0.939 bits per heavy atom. The summed E-state index contributed by atoms with van der Waals surface area (Å²) in [4.78, 5) is 38.7. The summed E-state index contributed by atoms with van der Waals surface area (Å²) in [5.41, 5.74) is 3.07. The third-order valence-electron chi connectivity index (χ3n) is 5.57. The number of rotatable bonds is 3. The average molecular weight is 447 g/mol. The van der Waals surface area contributed by atoms with E-state index in [1.54, 1.807) is 0 Å². The molecule has 8 nitrogen and oxygen atoms in total. The molecule has 33 heavy (non-hydrogen) atoms. The molecule has 0 atom stereocenters. The summed E-state index contributed by atoms with van der Waals surface area (Å²) in [7, 11) is 0. The van der Waals surface area contributed by atoms with Gasteiger partial charge in [0.15, 0.2) is 11.5 Å². The summed E-state index contributed by atoms with van der Waals surface area (Å²) in [6.07, 6.45) is 1.45. The van der Waals surface area contributed by atoms with Crippen LogP contribution in [0.25, 0.3) is 11.8 Å². The number of ether oxygens (including phenoxy) is 2. The van der Waals surface area contributed by atoms with Gasteiger partial charge in [0.2, 0.25) is 6.79 Å². The van der Waals surface area contributed by atoms with Crippen LogP contribution in [0.2, 0.25) is 0 Å². The summed E-state index contributed by atoms with van der Waals surface area (Å²) in [5.74, 6) is -0.792.